The minimum absolute atomic E-state index is 0.0267. The first-order valence-corrected chi connectivity index (χ1v) is 24.5. The number of benzene rings is 2. The van der Waals surface area contributed by atoms with Crippen molar-refractivity contribution in [3.8, 4) is 18.1 Å². The third kappa shape index (κ3) is 15.4. The van der Waals surface area contributed by atoms with Crippen LogP contribution in [0.25, 0.3) is 11.2 Å². The fourth-order valence-electron chi connectivity index (χ4n) is 7.76. The van der Waals surface area contributed by atoms with Crippen molar-refractivity contribution in [2.45, 2.75) is 166 Å². The number of rotatable bonds is 29. The second-order valence-electron chi connectivity index (χ2n) is 16.8. The Labute approximate surface area is 377 Å². The van der Waals surface area contributed by atoms with Gasteiger partial charge in [0.1, 0.15) is 30.7 Å². The number of imidazole rings is 1. The number of carbonyl (C=O) groups is 2. The number of nitrogens with zero attached hydrogens (tertiary/aromatic N) is 4. The van der Waals surface area contributed by atoms with Crippen LogP contribution in [-0.2, 0) is 39.3 Å². The number of carbonyl (C=O) groups excluding carboxylic acids is 2. The number of nitrogen functional groups attached to an aromatic ring is 1. The molecule has 4 aromatic rings. The Morgan fingerprint density at radius 1 is 0.938 bits per heavy atom. The van der Waals surface area contributed by atoms with Crippen molar-refractivity contribution in [1.82, 2.24) is 24.6 Å². The van der Waals surface area contributed by atoms with E-state index in [2.05, 4.69) is 32.9 Å². The summed E-state index contributed by atoms with van der Waals surface area (Å²) in [5, 5.41) is 2.82. The van der Waals surface area contributed by atoms with Gasteiger partial charge in [0.15, 0.2) is 22.6 Å². The van der Waals surface area contributed by atoms with E-state index in [-0.39, 0.29) is 42.0 Å². The molecule has 1 aliphatic heterocycles. The Hall–Kier alpha value is -4.87. The van der Waals surface area contributed by atoms with E-state index in [1.54, 1.807) is 44.2 Å². The zero-order chi connectivity index (χ0) is 45.8. The van der Waals surface area contributed by atoms with Crippen LogP contribution in [0.3, 0.4) is 0 Å². The van der Waals surface area contributed by atoms with E-state index in [9.17, 15) is 18.5 Å². The molecule has 2 aromatic carbocycles. The number of unbranched alkanes of at least 4 members (excludes halogenated alkanes) is 14. The predicted molar refractivity (Wildman–Crippen MR) is 244 cm³/mol. The molecule has 1 fully saturated rings. The van der Waals surface area contributed by atoms with E-state index in [1.165, 1.54) is 81.5 Å². The van der Waals surface area contributed by atoms with Crippen molar-refractivity contribution in [2.75, 3.05) is 12.3 Å². The number of para-hydroxylation sites is 1. The third-order valence-electron chi connectivity index (χ3n) is 11.2. The van der Waals surface area contributed by atoms with E-state index in [0.29, 0.717) is 6.42 Å². The molecule has 64 heavy (non-hydrogen) atoms. The topological polar surface area (TPSA) is 179 Å². The smallest absolute Gasteiger partial charge is 0.459 e. The van der Waals surface area contributed by atoms with E-state index in [4.69, 9.17) is 35.4 Å². The average molecular weight is 905 g/mol. The van der Waals surface area contributed by atoms with E-state index >= 15 is 0 Å². The van der Waals surface area contributed by atoms with Gasteiger partial charge in [-0.25, -0.2) is 9.55 Å². The van der Waals surface area contributed by atoms with Gasteiger partial charge in [-0.05, 0) is 44.4 Å². The van der Waals surface area contributed by atoms with Crippen LogP contribution >= 0.6 is 7.75 Å². The lowest BCUT2D eigenvalue weighted by Gasteiger charge is -2.31. The molecule has 0 unspecified atom stereocenters. The molecule has 1 saturated heterocycles. The molecular weight excluding hydrogens is 839 g/mol. The SMILES string of the molecule is C#C[C@]1(CO[P@@](=O)(N[C@@H](Cc2ccccc2)C(=O)OC(C)C)Oc2ccccc2)O[C@@H](n2cnc3c(N)nc(F)nc32)C[C@@H]1OC(=O)CCCCCCCCCCCCCCCCC. The summed E-state index contributed by atoms with van der Waals surface area (Å²) in [6.45, 7) is 5.02. The molecule has 0 spiro atoms. The van der Waals surface area contributed by atoms with Gasteiger partial charge in [0.2, 0.25) is 0 Å². The summed E-state index contributed by atoms with van der Waals surface area (Å²) in [5.74, 6) is 1.42. The van der Waals surface area contributed by atoms with E-state index in [1.807, 2.05) is 30.3 Å². The summed E-state index contributed by atoms with van der Waals surface area (Å²) in [7, 11) is -4.55. The maximum absolute atomic E-state index is 15.0. The van der Waals surface area contributed by atoms with Crippen LogP contribution in [0.1, 0.15) is 142 Å². The normalized spacial score (nSPS) is 18.7. The Morgan fingerprint density at radius 2 is 1.53 bits per heavy atom. The zero-order valence-corrected chi connectivity index (χ0v) is 38.5. The zero-order valence-electron chi connectivity index (χ0n) is 37.6. The van der Waals surface area contributed by atoms with Crippen molar-refractivity contribution in [2.24, 2.45) is 0 Å². The van der Waals surface area contributed by atoms with Crippen molar-refractivity contribution >= 4 is 36.7 Å². The summed E-state index contributed by atoms with van der Waals surface area (Å²) in [4.78, 5) is 38.8. The van der Waals surface area contributed by atoms with Gasteiger partial charge in [0.05, 0.1) is 12.4 Å². The molecule has 5 rings (SSSR count). The highest BCUT2D eigenvalue weighted by Crippen LogP contribution is 2.49. The molecule has 0 saturated carbocycles. The number of anilines is 1. The Morgan fingerprint density at radius 3 is 2.12 bits per heavy atom. The molecule has 0 bridgehead atoms. The predicted octanol–water partition coefficient (Wildman–Crippen LogP) is 10.4. The molecule has 2 aromatic heterocycles. The highest BCUT2D eigenvalue weighted by Gasteiger charge is 2.53. The maximum Gasteiger partial charge on any atom is 0.459 e. The first-order valence-electron chi connectivity index (χ1n) is 23.0. The Kier molecular flexibility index (Phi) is 20.0. The molecule has 5 atom stereocenters. The number of terminal acetylenes is 1. The fraction of sp³-hybridized carbons (Fsp3) is 0.562. The van der Waals surface area contributed by atoms with Gasteiger partial charge < -0.3 is 24.5 Å². The van der Waals surface area contributed by atoms with Gasteiger partial charge in [0.25, 0.3) is 0 Å². The first kappa shape index (κ1) is 50.1. The fourth-order valence-corrected chi connectivity index (χ4v) is 9.28. The van der Waals surface area contributed by atoms with Crippen molar-refractivity contribution in [3.05, 3.63) is 78.6 Å². The number of nitrogens with one attached hydrogen (secondary N) is 1. The van der Waals surface area contributed by atoms with Crippen LogP contribution in [0.15, 0.2) is 67.0 Å². The number of esters is 2. The number of nitrogens with two attached hydrogens (primary N) is 1. The van der Waals surface area contributed by atoms with Crippen LogP contribution in [0, 0.1) is 18.4 Å². The van der Waals surface area contributed by atoms with Gasteiger partial charge >= 0.3 is 25.8 Å². The summed E-state index contributed by atoms with van der Waals surface area (Å²) in [5.41, 5.74) is 4.99. The van der Waals surface area contributed by atoms with Gasteiger partial charge in [0, 0.05) is 12.8 Å². The van der Waals surface area contributed by atoms with Gasteiger partial charge in [-0.2, -0.15) is 19.4 Å². The molecule has 348 valence electrons. The maximum atomic E-state index is 15.0. The quantitative estimate of drug-likeness (QED) is 0.0173. The third-order valence-corrected chi connectivity index (χ3v) is 12.7. The summed E-state index contributed by atoms with van der Waals surface area (Å²) in [6, 6.07) is 16.2. The van der Waals surface area contributed by atoms with Gasteiger partial charge in [-0.15, -0.1) is 6.42 Å². The molecular formula is C48H66FN6O8P. The Balaban J connectivity index is 1.28. The van der Waals surface area contributed by atoms with E-state index in [0.717, 1.165) is 24.8 Å². The lowest BCUT2D eigenvalue weighted by Crippen LogP contribution is -2.46. The average Bonchev–Trinajstić information content (AvgIpc) is 3.86. The van der Waals surface area contributed by atoms with Crippen molar-refractivity contribution < 1.29 is 41.8 Å². The largest absolute Gasteiger partial charge is 0.462 e. The Bertz CT molecular complexity index is 2140. The standard InChI is InChI=1S/C48H66FN6O8P/c1-5-7-8-9-10-11-12-13-14-15-16-17-18-19-26-31-42(56)61-40-33-41(55-35-51-43-44(50)52-47(49)53-45(43)55)62-48(40,6-2)34-59-64(58,63-38-29-24-21-25-30-38)54-39(46(57)60-36(3)4)32-37-27-22-20-23-28-37/h2,20-25,27-30,35-36,39-41H,5,7-19,26,31-34H2,1,3-4H3,(H,54,58)(H2,50,52,53)/t39-,40-,41+,48+,64-/m0/s1. The number of fused-ring (bicyclic) bond motifs is 1. The molecule has 14 nitrogen and oxygen atoms in total. The van der Waals surface area contributed by atoms with Crippen LogP contribution in [0.2, 0.25) is 0 Å². The molecule has 0 radical (unpaired) electrons. The van der Waals surface area contributed by atoms with Crippen molar-refractivity contribution in [1.29, 1.82) is 0 Å². The minimum Gasteiger partial charge on any atom is -0.462 e. The van der Waals surface area contributed by atoms with E-state index < -0.39 is 62.4 Å². The minimum atomic E-state index is -4.55. The molecule has 1 aliphatic rings. The van der Waals surface area contributed by atoms with Crippen LogP contribution in [-0.4, -0.2) is 61.9 Å². The number of hydrogen-bond acceptors (Lipinski definition) is 12. The lowest BCUT2D eigenvalue weighted by atomic mass is 9.98. The van der Waals surface area contributed by atoms with Crippen LogP contribution in [0.4, 0.5) is 10.2 Å². The monoisotopic (exact) mass is 904 g/mol. The second kappa shape index (κ2) is 25.6. The highest BCUT2D eigenvalue weighted by molar-refractivity contribution is 7.52. The molecule has 0 amide bonds. The summed E-state index contributed by atoms with van der Waals surface area (Å²) < 4.78 is 61.1. The summed E-state index contributed by atoms with van der Waals surface area (Å²) in [6.07, 6.45) is 21.9. The molecule has 16 heteroatoms. The van der Waals surface area contributed by atoms with Crippen LogP contribution in [0.5, 0.6) is 5.75 Å². The van der Waals surface area contributed by atoms with Crippen LogP contribution < -0.4 is 15.3 Å². The second-order valence-corrected chi connectivity index (χ2v) is 18.4. The first-order chi connectivity index (χ1) is 30.9. The number of halogens is 1. The number of ether oxygens (including phenoxy) is 3. The highest BCUT2D eigenvalue weighted by atomic mass is 31.2. The molecule has 3 N–H and O–H groups in total. The number of aromatic nitrogens is 4. The van der Waals surface area contributed by atoms with Crippen molar-refractivity contribution in [3.63, 3.8) is 0 Å². The molecule has 0 aliphatic carbocycles. The lowest BCUT2D eigenvalue weighted by molar-refractivity contribution is -0.158. The number of hydrogen-bond donors (Lipinski definition) is 2. The molecule has 3 heterocycles. The van der Waals surface area contributed by atoms with Gasteiger partial charge in [-0.3, -0.25) is 18.7 Å². The van der Waals surface area contributed by atoms with Gasteiger partial charge in [-0.1, -0.05) is 151 Å². The summed E-state index contributed by atoms with van der Waals surface area (Å²) >= 11 is 0.